The first-order valence-corrected chi connectivity index (χ1v) is 6.50. The van der Waals surface area contributed by atoms with Crippen LogP contribution in [0.15, 0.2) is 12.1 Å². The number of aldehydes is 1. The second kappa shape index (κ2) is 10.3. The first kappa shape index (κ1) is 21.5. The molecular formula is C14H15F3O7. The third-order valence-electron chi connectivity index (χ3n) is 2.66. The quantitative estimate of drug-likeness (QED) is 0.319. The summed E-state index contributed by atoms with van der Waals surface area (Å²) >= 11 is 0. The molecule has 0 fully saturated rings. The highest BCUT2D eigenvalue weighted by atomic mass is 19.2. The summed E-state index contributed by atoms with van der Waals surface area (Å²) in [5.74, 6) is -6.56. The SMILES string of the molecule is O=C(O)C(O)C(O)C(=O)O.O=CCCCc1cc(F)c(F)cc1F. The number of aryl methyl sites for hydroxylation is 1. The first-order chi connectivity index (χ1) is 11.1. The van der Waals surface area contributed by atoms with Crippen LogP contribution in [0.3, 0.4) is 0 Å². The maximum Gasteiger partial charge on any atom is 0.335 e. The van der Waals surface area contributed by atoms with Crippen molar-refractivity contribution in [3.63, 3.8) is 0 Å². The molecule has 0 radical (unpaired) electrons. The third kappa shape index (κ3) is 7.20. The minimum Gasteiger partial charge on any atom is -0.479 e. The Morgan fingerprint density at radius 2 is 1.42 bits per heavy atom. The normalized spacial score (nSPS) is 12.5. The van der Waals surface area contributed by atoms with Crippen LogP contribution >= 0.6 is 0 Å². The van der Waals surface area contributed by atoms with Crippen LogP contribution in [-0.4, -0.2) is 50.9 Å². The van der Waals surface area contributed by atoms with Gasteiger partial charge in [-0.3, -0.25) is 0 Å². The van der Waals surface area contributed by atoms with Gasteiger partial charge in [-0.25, -0.2) is 22.8 Å². The Balaban J connectivity index is 0.000000470. The molecule has 4 N–H and O–H groups in total. The molecule has 0 spiro atoms. The molecule has 1 aromatic rings. The summed E-state index contributed by atoms with van der Waals surface area (Å²) in [6, 6.07) is 1.35. The molecule has 134 valence electrons. The van der Waals surface area contributed by atoms with E-state index in [1.54, 1.807) is 0 Å². The molecule has 0 amide bonds. The minimum atomic E-state index is -2.27. The predicted octanol–water partition coefficient (Wildman–Crippen LogP) is 0.503. The van der Waals surface area contributed by atoms with Crippen molar-refractivity contribution in [2.75, 3.05) is 0 Å². The monoisotopic (exact) mass is 352 g/mol. The summed E-state index contributed by atoms with van der Waals surface area (Å²) in [5, 5.41) is 32.5. The number of halogens is 3. The van der Waals surface area contributed by atoms with E-state index in [0.717, 1.165) is 6.07 Å². The van der Waals surface area contributed by atoms with Crippen molar-refractivity contribution in [1.29, 1.82) is 0 Å². The predicted molar refractivity (Wildman–Crippen MR) is 72.6 cm³/mol. The van der Waals surface area contributed by atoms with Crippen LogP contribution in [0, 0.1) is 17.5 Å². The molecular weight excluding hydrogens is 337 g/mol. The highest BCUT2D eigenvalue weighted by Gasteiger charge is 2.29. The Morgan fingerprint density at radius 1 is 0.958 bits per heavy atom. The Bertz CT molecular complexity index is 574. The molecule has 24 heavy (non-hydrogen) atoms. The van der Waals surface area contributed by atoms with Crippen LogP contribution in [0.25, 0.3) is 0 Å². The van der Waals surface area contributed by atoms with Crippen molar-refractivity contribution in [3.8, 4) is 0 Å². The van der Waals surface area contributed by atoms with Crippen LogP contribution < -0.4 is 0 Å². The molecule has 2 unspecified atom stereocenters. The Kier molecular flexibility index (Phi) is 9.28. The van der Waals surface area contributed by atoms with Crippen LogP contribution in [-0.2, 0) is 20.8 Å². The van der Waals surface area contributed by atoms with E-state index in [9.17, 15) is 27.6 Å². The molecule has 2 atom stereocenters. The van der Waals surface area contributed by atoms with E-state index < -0.39 is 41.6 Å². The van der Waals surface area contributed by atoms with Gasteiger partial charge in [0.05, 0.1) is 0 Å². The lowest BCUT2D eigenvalue weighted by Crippen LogP contribution is -2.39. The number of rotatable bonds is 7. The second-order valence-electron chi connectivity index (χ2n) is 4.48. The fraction of sp³-hybridized carbons (Fsp3) is 0.357. The van der Waals surface area contributed by atoms with E-state index in [2.05, 4.69) is 0 Å². The zero-order valence-electron chi connectivity index (χ0n) is 12.2. The maximum atomic E-state index is 13.0. The molecule has 0 aliphatic heterocycles. The average Bonchev–Trinajstić information content (AvgIpc) is 2.51. The number of aliphatic hydroxyl groups is 2. The highest BCUT2D eigenvalue weighted by Crippen LogP contribution is 2.15. The zero-order chi connectivity index (χ0) is 18.9. The van der Waals surface area contributed by atoms with E-state index in [-0.39, 0.29) is 12.0 Å². The molecule has 0 heterocycles. The van der Waals surface area contributed by atoms with Crippen LogP contribution in [0.1, 0.15) is 18.4 Å². The van der Waals surface area contributed by atoms with Gasteiger partial charge >= 0.3 is 11.9 Å². The van der Waals surface area contributed by atoms with E-state index >= 15 is 0 Å². The molecule has 0 aliphatic carbocycles. The van der Waals surface area contributed by atoms with E-state index in [4.69, 9.17) is 20.4 Å². The Labute approximate surface area is 134 Å². The summed E-state index contributed by atoms with van der Waals surface area (Å²) in [6.45, 7) is 0. The maximum absolute atomic E-state index is 13.0. The van der Waals surface area contributed by atoms with Gasteiger partial charge in [0, 0.05) is 12.5 Å². The van der Waals surface area contributed by atoms with Gasteiger partial charge in [0.25, 0.3) is 0 Å². The Hall–Kier alpha value is -2.46. The number of aliphatic hydroxyl groups excluding tert-OH is 2. The first-order valence-electron chi connectivity index (χ1n) is 6.50. The highest BCUT2D eigenvalue weighted by molar-refractivity contribution is 5.83. The van der Waals surface area contributed by atoms with Crippen molar-refractivity contribution >= 4 is 18.2 Å². The minimum absolute atomic E-state index is 0.103. The fourth-order valence-electron chi connectivity index (χ4n) is 1.40. The van der Waals surface area contributed by atoms with E-state index in [1.165, 1.54) is 0 Å². The van der Waals surface area contributed by atoms with Crippen molar-refractivity contribution in [2.24, 2.45) is 0 Å². The van der Waals surface area contributed by atoms with Crippen molar-refractivity contribution in [1.82, 2.24) is 0 Å². The fourth-order valence-corrected chi connectivity index (χ4v) is 1.40. The number of benzene rings is 1. The molecule has 1 aromatic carbocycles. The molecule has 1 rings (SSSR count). The Morgan fingerprint density at radius 3 is 1.83 bits per heavy atom. The number of aliphatic carboxylic acids is 2. The topological polar surface area (TPSA) is 132 Å². The summed E-state index contributed by atoms with van der Waals surface area (Å²) < 4.78 is 38.1. The standard InChI is InChI=1S/C10H9F3O.C4H6O6/c11-8-6-10(13)9(12)5-7(8)3-1-2-4-14;5-1(3(7)8)2(6)4(9)10/h4-6H,1-3H2;1-2,5-6H,(H,7,8)(H,9,10). The smallest absolute Gasteiger partial charge is 0.335 e. The lowest BCUT2D eigenvalue weighted by molar-refractivity contribution is -0.165. The summed E-state index contributed by atoms with van der Waals surface area (Å²) in [5.41, 5.74) is 0.103. The second-order valence-corrected chi connectivity index (χ2v) is 4.48. The summed E-state index contributed by atoms with van der Waals surface area (Å²) in [4.78, 5) is 29.5. The third-order valence-corrected chi connectivity index (χ3v) is 2.66. The summed E-state index contributed by atoms with van der Waals surface area (Å²) in [6.07, 6.45) is -2.86. The van der Waals surface area contributed by atoms with Crippen LogP contribution in [0.2, 0.25) is 0 Å². The molecule has 0 aromatic heterocycles. The number of carbonyl (C=O) groups is 3. The molecule has 0 saturated heterocycles. The van der Waals surface area contributed by atoms with Gasteiger partial charge in [0.2, 0.25) is 0 Å². The molecule has 10 heteroatoms. The van der Waals surface area contributed by atoms with Gasteiger partial charge in [0.15, 0.2) is 23.8 Å². The average molecular weight is 352 g/mol. The molecule has 0 saturated carbocycles. The summed E-state index contributed by atoms with van der Waals surface area (Å²) in [7, 11) is 0. The lowest BCUT2D eigenvalue weighted by atomic mass is 10.1. The van der Waals surface area contributed by atoms with E-state index in [0.29, 0.717) is 25.2 Å². The number of hydrogen-bond donors (Lipinski definition) is 4. The number of hydrogen-bond acceptors (Lipinski definition) is 5. The number of unbranched alkanes of at least 4 members (excludes halogenated alkanes) is 1. The number of carboxylic acids is 2. The van der Waals surface area contributed by atoms with Crippen LogP contribution in [0.4, 0.5) is 13.2 Å². The van der Waals surface area contributed by atoms with Crippen molar-refractivity contribution < 1.29 is 48.0 Å². The van der Waals surface area contributed by atoms with Crippen molar-refractivity contribution in [3.05, 3.63) is 35.1 Å². The van der Waals surface area contributed by atoms with Gasteiger partial charge in [-0.05, 0) is 24.5 Å². The van der Waals surface area contributed by atoms with Gasteiger partial charge in [-0.2, -0.15) is 0 Å². The van der Waals surface area contributed by atoms with Gasteiger partial charge in [-0.15, -0.1) is 0 Å². The largest absolute Gasteiger partial charge is 0.479 e. The molecule has 0 aliphatic rings. The lowest BCUT2D eigenvalue weighted by Gasteiger charge is -2.07. The van der Waals surface area contributed by atoms with E-state index in [1.807, 2.05) is 0 Å². The van der Waals surface area contributed by atoms with Crippen LogP contribution in [0.5, 0.6) is 0 Å². The molecule has 7 nitrogen and oxygen atoms in total. The molecule has 0 bridgehead atoms. The number of carbonyl (C=O) groups excluding carboxylic acids is 1. The van der Waals surface area contributed by atoms with Gasteiger partial charge < -0.3 is 25.2 Å². The van der Waals surface area contributed by atoms with Crippen molar-refractivity contribution in [2.45, 2.75) is 31.5 Å². The number of carboxylic acid groups (broad SMARTS) is 2. The van der Waals surface area contributed by atoms with Gasteiger partial charge in [-0.1, -0.05) is 0 Å². The van der Waals surface area contributed by atoms with Gasteiger partial charge in [0.1, 0.15) is 12.1 Å². The zero-order valence-corrected chi connectivity index (χ0v) is 12.2.